The van der Waals surface area contributed by atoms with Crippen molar-refractivity contribution < 1.29 is 17.2 Å². The molecule has 0 saturated heterocycles. The van der Waals surface area contributed by atoms with Crippen LogP contribution in [0.5, 0.6) is 0 Å². The Kier molecular flexibility index (Phi) is 5.84. The van der Waals surface area contributed by atoms with Crippen LogP contribution in [0.3, 0.4) is 0 Å². The van der Waals surface area contributed by atoms with Crippen LogP contribution in [0.2, 0.25) is 10.0 Å². The molecule has 2 nitrogen and oxygen atoms in total. The average Bonchev–Trinajstić information content (AvgIpc) is 2.74. The first kappa shape index (κ1) is 21.5. The maximum atomic E-state index is 14.1. The molecule has 0 N–H and O–H groups in total. The van der Waals surface area contributed by atoms with Gasteiger partial charge in [0.25, 0.3) is 0 Å². The van der Waals surface area contributed by atoms with Gasteiger partial charge in [-0.05, 0) is 48.5 Å². The Balaban J connectivity index is 2.01. The van der Waals surface area contributed by atoms with Crippen molar-refractivity contribution in [3.05, 3.63) is 107 Å². The zero-order valence-electron chi connectivity index (χ0n) is 15.8. The summed E-state index contributed by atoms with van der Waals surface area (Å²) in [5.74, 6) is -1.22. The van der Waals surface area contributed by atoms with Crippen molar-refractivity contribution in [2.45, 2.75) is 9.79 Å². The van der Waals surface area contributed by atoms with Gasteiger partial charge in [-0.15, -0.1) is 0 Å². The molecule has 4 aromatic rings. The number of rotatable bonds is 4. The van der Waals surface area contributed by atoms with Crippen LogP contribution in [0.4, 0.5) is 8.78 Å². The molecule has 4 rings (SSSR count). The molecular weight excluding hydrogens is 461 g/mol. The van der Waals surface area contributed by atoms with E-state index in [1.165, 1.54) is 12.1 Å². The van der Waals surface area contributed by atoms with Crippen molar-refractivity contribution in [3.8, 4) is 22.3 Å². The van der Waals surface area contributed by atoms with E-state index in [0.29, 0.717) is 11.1 Å². The van der Waals surface area contributed by atoms with Gasteiger partial charge in [-0.25, -0.2) is 17.2 Å². The second-order valence-corrected chi connectivity index (χ2v) is 9.45. The Morgan fingerprint density at radius 2 is 0.935 bits per heavy atom. The average molecular weight is 475 g/mol. The van der Waals surface area contributed by atoms with Gasteiger partial charge < -0.3 is 0 Å². The fourth-order valence-corrected chi connectivity index (χ4v) is 5.49. The Bertz CT molecular complexity index is 1300. The highest BCUT2D eigenvalue weighted by molar-refractivity contribution is 7.91. The lowest BCUT2D eigenvalue weighted by atomic mass is 10.1. The minimum Gasteiger partial charge on any atom is -0.218 e. The molecule has 0 unspecified atom stereocenters. The first-order valence-corrected chi connectivity index (χ1v) is 11.4. The number of hydrogen-bond donors (Lipinski definition) is 0. The van der Waals surface area contributed by atoms with Gasteiger partial charge in [0, 0.05) is 32.3 Å². The SMILES string of the molecule is O=S(=O)(c1ccc(F)cc1-c1ccccc1Cl)c1ccc(F)cc1-c1ccccc1Cl. The molecule has 0 aromatic heterocycles. The lowest BCUT2D eigenvalue weighted by molar-refractivity contribution is 0.594. The minimum absolute atomic E-state index is 0.111. The molecule has 0 spiro atoms. The third kappa shape index (κ3) is 4.09. The molecule has 0 saturated carbocycles. The minimum atomic E-state index is -4.21. The Labute approximate surface area is 188 Å². The van der Waals surface area contributed by atoms with Crippen molar-refractivity contribution in [1.82, 2.24) is 0 Å². The Hall–Kier alpha value is -2.73. The highest BCUT2D eigenvalue weighted by atomic mass is 35.5. The third-order valence-electron chi connectivity index (χ3n) is 4.79. The molecule has 4 aromatic carbocycles. The van der Waals surface area contributed by atoms with Crippen LogP contribution in [0.1, 0.15) is 0 Å². The second-order valence-electron chi connectivity index (χ2n) is 6.74. The van der Waals surface area contributed by atoms with Crippen molar-refractivity contribution in [1.29, 1.82) is 0 Å². The summed E-state index contributed by atoms with van der Waals surface area (Å²) in [7, 11) is -4.21. The van der Waals surface area contributed by atoms with Gasteiger partial charge >= 0.3 is 0 Å². The van der Waals surface area contributed by atoms with Crippen LogP contribution >= 0.6 is 23.2 Å². The maximum absolute atomic E-state index is 14.1. The molecule has 0 atom stereocenters. The molecule has 7 heteroatoms. The highest BCUT2D eigenvalue weighted by Gasteiger charge is 2.27. The van der Waals surface area contributed by atoms with E-state index in [-0.39, 0.29) is 31.0 Å². The summed E-state index contributed by atoms with van der Waals surface area (Å²) in [5.41, 5.74) is 0.951. The molecular formula is C24H14Cl2F2O2S. The molecule has 0 aliphatic carbocycles. The van der Waals surface area contributed by atoms with E-state index in [2.05, 4.69) is 0 Å². The first-order chi connectivity index (χ1) is 14.8. The molecule has 0 radical (unpaired) electrons. The number of benzene rings is 4. The van der Waals surface area contributed by atoms with E-state index >= 15 is 0 Å². The van der Waals surface area contributed by atoms with Gasteiger partial charge in [-0.1, -0.05) is 59.6 Å². The number of hydrogen-bond acceptors (Lipinski definition) is 2. The number of halogens is 4. The topological polar surface area (TPSA) is 34.1 Å². The van der Waals surface area contributed by atoms with Crippen LogP contribution in [-0.2, 0) is 9.84 Å². The van der Waals surface area contributed by atoms with E-state index in [1.54, 1.807) is 48.5 Å². The van der Waals surface area contributed by atoms with Crippen molar-refractivity contribution in [3.63, 3.8) is 0 Å². The van der Waals surface area contributed by atoms with Crippen LogP contribution in [0, 0.1) is 11.6 Å². The summed E-state index contributed by atoms with van der Waals surface area (Å²) in [5, 5.41) is 0.546. The van der Waals surface area contributed by atoms with Crippen molar-refractivity contribution in [2.24, 2.45) is 0 Å². The van der Waals surface area contributed by atoms with E-state index in [9.17, 15) is 17.2 Å². The molecule has 31 heavy (non-hydrogen) atoms. The molecule has 0 heterocycles. The quantitative estimate of drug-likeness (QED) is 0.288. The largest absolute Gasteiger partial charge is 0.218 e. The van der Waals surface area contributed by atoms with Gasteiger partial charge in [0.1, 0.15) is 11.6 Å². The number of sulfone groups is 1. The first-order valence-electron chi connectivity index (χ1n) is 9.13. The predicted molar refractivity (Wildman–Crippen MR) is 119 cm³/mol. The molecule has 0 aliphatic heterocycles. The third-order valence-corrected chi connectivity index (χ3v) is 7.32. The summed E-state index contributed by atoms with van der Waals surface area (Å²) in [6.45, 7) is 0. The van der Waals surface area contributed by atoms with Crippen molar-refractivity contribution >= 4 is 33.0 Å². The van der Waals surface area contributed by atoms with Crippen LogP contribution in [-0.4, -0.2) is 8.42 Å². The lowest BCUT2D eigenvalue weighted by Gasteiger charge is -2.16. The molecule has 0 aliphatic rings. The molecule has 0 fully saturated rings. The maximum Gasteiger partial charge on any atom is 0.207 e. The zero-order valence-corrected chi connectivity index (χ0v) is 18.1. The molecule has 0 bridgehead atoms. The fraction of sp³-hybridized carbons (Fsp3) is 0. The molecule has 0 amide bonds. The van der Waals surface area contributed by atoms with Gasteiger partial charge in [-0.2, -0.15) is 0 Å². The lowest BCUT2D eigenvalue weighted by Crippen LogP contribution is -2.07. The van der Waals surface area contributed by atoms with Gasteiger partial charge in [0.05, 0.1) is 9.79 Å². The summed E-state index contributed by atoms with van der Waals surface area (Å²) >= 11 is 12.5. The van der Waals surface area contributed by atoms with Crippen LogP contribution < -0.4 is 0 Å². The monoisotopic (exact) mass is 474 g/mol. The molecule has 156 valence electrons. The summed E-state index contributed by atoms with van der Waals surface area (Å²) in [6.07, 6.45) is 0. The van der Waals surface area contributed by atoms with Crippen LogP contribution in [0.15, 0.2) is 94.7 Å². The van der Waals surface area contributed by atoms with Gasteiger partial charge in [0.15, 0.2) is 0 Å². The summed E-state index contributed by atoms with van der Waals surface area (Å²) in [6, 6.07) is 19.8. The van der Waals surface area contributed by atoms with Crippen molar-refractivity contribution in [2.75, 3.05) is 0 Å². The Morgan fingerprint density at radius 1 is 0.548 bits per heavy atom. The predicted octanol–water partition coefficient (Wildman–Crippen LogP) is 7.44. The van der Waals surface area contributed by atoms with E-state index in [1.807, 2.05) is 0 Å². The summed E-state index contributed by atoms with van der Waals surface area (Å²) < 4.78 is 55.7. The second kappa shape index (κ2) is 8.42. The zero-order chi connectivity index (χ0) is 22.2. The smallest absolute Gasteiger partial charge is 0.207 e. The van der Waals surface area contributed by atoms with E-state index in [4.69, 9.17) is 23.2 Å². The van der Waals surface area contributed by atoms with Crippen LogP contribution in [0.25, 0.3) is 22.3 Å². The summed E-state index contributed by atoms with van der Waals surface area (Å²) in [4.78, 5) is -0.302. The standard InChI is InChI=1S/C24H14Cl2F2O2S/c25-21-7-3-1-5-17(21)19-13-15(27)9-11-23(19)31(29,30)24-12-10-16(28)14-20(24)18-6-2-4-8-22(18)26/h1-14H. The Morgan fingerprint density at radius 3 is 1.32 bits per heavy atom. The van der Waals surface area contributed by atoms with E-state index < -0.39 is 21.5 Å². The van der Waals surface area contributed by atoms with Gasteiger partial charge in [-0.3, -0.25) is 0 Å². The van der Waals surface area contributed by atoms with Gasteiger partial charge in [0.2, 0.25) is 9.84 Å². The normalized spacial score (nSPS) is 11.5. The van der Waals surface area contributed by atoms with E-state index in [0.717, 1.165) is 24.3 Å². The highest BCUT2D eigenvalue weighted by Crippen LogP contribution is 2.40. The fourth-order valence-electron chi connectivity index (χ4n) is 3.37.